The van der Waals surface area contributed by atoms with Crippen molar-refractivity contribution >= 4 is 21.8 Å². The van der Waals surface area contributed by atoms with Crippen molar-refractivity contribution in [2.45, 2.75) is 19.1 Å². The molecule has 1 saturated heterocycles. The Morgan fingerprint density at radius 1 is 1.63 bits per heavy atom. The van der Waals surface area contributed by atoms with Crippen LogP contribution in [0.15, 0.2) is 22.7 Å². The quantitative estimate of drug-likeness (QED) is 0.899. The molecule has 0 aliphatic carbocycles. The van der Waals surface area contributed by atoms with E-state index in [0.717, 1.165) is 0 Å². The van der Waals surface area contributed by atoms with Gasteiger partial charge in [0.2, 0.25) is 0 Å². The van der Waals surface area contributed by atoms with Crippen molar-refractivity contribution in [3.8, 4) is 0 Å². The Labute approximate surface area is 119 Å². The zero-order chi connectivity index (χ0) is 14.0. The molecular weight excluding hydrogens is 315 g/mol. The summed E-state index contributed by atoms with van der Waals surface area (Å²) in [5, 5.41) is 0. The van der Waals surface area contributed by atoms with E-state index < -0.39 is 5.82 Å². The summed E-state index contributed by atoms with van der Waals surface area (Å²) in [6.07, 6.45) is -0.198. The third-order valence-electron chi connectivity index (χ3n) is 3.13. The maximum atomic E-state index is 13.8. The van der Waals surface area contributed by atoms with Crippen molar-refractivity contribution in [3.63, 3.8) is 0 Å². The summed E-state index contributed by atoms with van der Waals surface area (Å²) in [4.78, 5) is 13.9. The molecule has 1 amide bonds. The first-order valence-corrected chi connectivity index (χ1v) is 6.90. The lowest BCUT2D eigenvalue weighted by atomic mass is 10.1. The Morgan fingerprint density at radius 2 is 2.37 bits per heavy atom. The van der Waals surface area contributed by atoms with Crippen molar-refractivity contribution in [2.75, 3.05) is 19.7 Å². The Morgan fingerprint density at radius 3 is 3.00 bits per heavy atom. The highest BCUT2D eigenvalue weighted by Gasteiger charge is 2.28. The maximum Gasteiger partial charge on any atom is 0.256 e. The summed E-state index contributed by atoms with van der Waals surface area (Å²) in [6, 6.07) is 4.26. The first-order chi connectivity index (χ1) is 8.99. The first-order valence-electron chi connectivity index (χ1n) is 6.10. The van der Waals surface area contributed by atoms with Gasteiger partial charge in [-0.2, -0.15) is 0 Å². The van der Waals surface area contributed by atoms with Gasteiger partial charge >= 0.3 is 0 Å². The van der Waals surface area contributed by atoms with Crippen LogP contribution in [0.25, 0.3) is 0 Å². The lowest BCUT2D eigenvalue weighted by molar-refractivity contribution is -0.0301. The van der Waals surface area contributed by atoms with Crippen LogP contribution in [0.4, 0.5) is 4.39 Å². The second-order valence-corrected chi connectivity index (χ2v) is 5.56. The molecule has 1 fully saturated rings. The van der Waals surface area contributed by atoms with Crippen LogP contribution in [0.5, 0.6) is 0 Å². The topological polar surface area (TPSA) is 55.6 Å². The average Bonchev–Trinajstić information content (AvgIpc) is 2.38. The van der Waals surface area contributed by atoms with Crippen LogP contribution < -0.4 is 5.73 Å². The molecule has 0 aromatic heterocycles. The van der Waals surface area contributed by atoms with Crippen LogP contribution in [-0.4, -0.2) is 42.6 Å². The smallest absolute Gasteiger partial charge is 0.256 e. The van der Waals surface area contributed by atoms with E-state index in [9.17, 15) is 9.18 Å². The summed E-state index contributed by atoms with van der Waals surface area (Å²) in [5.41, 5.74) is 5.85. The number of amides is 1. The van der Waals surface area contributed by atoms with Crippen molar-refractivity contribution < 1.29 is 13.9 Å². The molecule has 104 valence electrons. The molecule has 0 radical (unpaired) electrons. The third-order valence-corrected chi connectivity index (χ3v) is 3.62. The van der Waals surface area contributed by atoms with Gasteiger partial charge in [-0.25, -0.2) is 4.39 Å². The minimum Gasteiger partial charge on any atom is -0.373 e. The van der Waals surface area contributed by atoms with E-state index in [2.05, 4.69) is 15.9 Å². The van der Waals surface area contributed by atoms with E-state index >= 15 is 0 Å². The number of nitrogens with zero attached hydrogens (tertiary/aromatic N) is 1. The maximum absolute atomic E-state index is 13.8. The van der Waals surface area contributed by atoms with E-state index in [1.165, 1.54) is 12.1 Å². The van der Waals surface area contributed by atoms with Crippen molar-refractivity contribution in [1.29, 1.82) is 0 Å². The van der Waals surface area contributed by atoms with Crippen molar-refractivity contribution in [3.05, 3.63) is 34.1 Å². The molecule has 2 rings (SSSR count). The minimum absolute atomic E-state index is 0.0773. The van der Waals surface area contributed by atoms with Gasteiger partial charge in [-0.15, -0.1) is 0 Å². The van der Waals surface area contributed by atoms with Gasteiger partial charge in [0.25, 0.3) is 5.91 Å². The summed E-state index contributed by atoms with van der Waals surface area (Å²) in [6.45, 7) is 3.11. The van der Waals surface area contributed by atoms with Gasteiger partial charge in [0.05, 0.1) is 18.3 Å². The number of carbonyl (C=O) groups is 1. The molecule has 0 bridgehead atoms. The SMILES string of the molecule is CC(N)C1CN(C(=O)c2ccc(Br)cc2F)CCO1. The number of benzene rings is 1. The Kier molecular flexibility index (Phi) is 4.54. The summed E-state index contributed by atoms with van der Waals surface area (Å²) in [5.74, 6) is -0.845. The van der Waals surface area contributed by atoms with Gasteiger partial charge in [-0.05, 0) is 25.1 Å². The fourth-order valence-corrected chi connectivity index (χ4v) is 2.34. The predicted molar refractivity (Wildman–Crippen MR) is 73.4 cm³/mol. The summed E-state index contributed by atoms with van der Waals surface area (Å²) < 4.78 is 19.9. The largest absolute Gasteiger partial charge is 0.373 e. The fraction of sp³-hybridized carbons (Fsp3) is 0.462. The minimum atomic E-state index is -0.525. The second-order valence-electron chi connectivity index (χ2n) is 4.64. The monoisotopic (exact) mass is 330 g/mol. The highest BCUT2D eigenvalue weighted by Crippen LogP contribution is 2.18. The molecular formula is C13H16BrFN2O2. The van der Waals surface area contributed by atoms with Crippen LogP contribution in [0, 0.1) is 5.82 Å². The van der Waals surface area contributed by atoms with Gasteiger partial charge in [0.1, 0.15) is 5.82 Å². The Hall–Kier alpha value is -0.980. The van der Waals surface area contributed by atoms with Gasteiger partial charge < -0.3 is 15.4 Å². The van der Waals surface area contributed by atoms with Gasteiger partial charge in [-0.1, -0.05) is 15.9 Å². The number of hydrogen-bond donors (Lipinski definition) is 1. The highest BCUT2D eigenvalue weighted by atomic mass is 79.9. The van der Waals surface area contributed by atoms with Gasteiger partial charge in [0, 0.05) is 23.6 Å². The van der Waals surface area contributed by atoms with Gasteiger partial charge in [-0.3, -0.25) is 4.79 Å². The molecule has 1 aromatic rings. The molecule has 1 heterocycles. The van der Waals surface area contributed by atoms with Crippen LogP contribution in [0.1, 0.15) is 17.3 Å². The molecule has 2 unspecified atom stereocenters. The normalized spacial score (nSPS) is 21.3. The highest BCUT2D eigenvalue weighted by molar-refractivity contribution is 9.10. The lowest BCUT2D eigenvalue weighted by Crippen LogP contribution is -2.51. The lowest BCUT2D eigenvalue weighted by Gasteiger charge is -2.34. The number of hydrogen-bond acceptors (Lipinski definition) is 3. The number of carbonyl (C=O) groups excluding carboxylic acids is 1. The van der Waals surface area contributed by atoms with Crippen molar-refractivity contribution in [2.24, 2.45) is 5.73 Å². The molecule has 0 spiro atoms. The predicted octanol–water partition coefficient (Wildman–Crippen LogP) is 1.78. The van der Waals surface area contributed by atoms with Crippen LogP contribution >= 0.6 is 15.9 Å². The molecule has 19 heavy (non-hydrogen) atoms. The number of rotatable bonds is 2. The number of halogens is 2. The fourth-order valence-electron chi connectivity index (χ4n) is 2.01. The average molecular weight is 331 g/mol. The van der Waals surface area contributed by atoms with Crippen LogP contribution in [0.3, 0.4) is 0 Å². The van der Waals surface area contributed by atoms with Crippen LogP contribution in [-0.2, 0) is 4.74 Å². The standard InChI is InChI=1S/C13H16BrFN2O2/c1-8(16)12-7-17(4-5-19-12)13(18)10-3-2-9(14)6-11(10)15/h2-3,6,8,12H,4-5,7,16H2,1H3. The van der Waals surface area contributed by atoms with Crippen molar-refractivity contribution in [1.82, 2.24) is 4.90 Å². The summed E-state index contributed by atoms with van der Waals surface area (Å²) >= 11 is 3.17. The van der Waals surface area contributed by atoms with E-state index in [4.69, 9.17) is 10.5 Å². The Bertz CT molecular complexity index is 482. The second kappa shape index (κ2) is 5.98. The molecule has 1 aliphatic rings. The molecule has 2 N–H and O–H groups in total. The molecule has 2 atom stereocenters. The van der Waals surface area contributed by atoms with E-state index in [1.807, 2.05) is 6.92 Å². The number of morpholine rings is 1. The number of ether oxygens (including phenoxy) is 1. The van der Waals surface area contributed by atoms with E-state index in [0.29, 0.717) is 24.2 Å². The molecule has 1 aromatic carbocycles. The zero-order valence-corrected chi connectivity index (χ0v) is 12.2. The summed E-state index contributed by atoms with van der Waals surface area (Å²) in [7, 11) is 0. The Balaban J connectivity index is 2.15. The third kappa shape index (κ3) is 3.32. The van der Waals surface area contributed by atoms with E-state index in [-0.39, 0.29) is 23.6 Å². The number of nitrogens with two attached hydrogens (primary N) is 1. The van der Waals surface area contributed by atoms with Crippen LogP contribution in [0.2, 0.25) is 0 Å². The molecule has 1 aliphatic heterocycles. The first kappa shape index (κ1) is 14.4. The molecule has 4 nitrogen and oxygen atoms in total. The molecule has 0 saturated carbocycles. The zero-order valence-electron chi connectivity index (χ0n) is 10.6. The molecule has 6 heteroatoms. The van der Waals surface area contributed by atoms with E-state index in [1.54, 1.807) is 11.0 Å². The van der Waals surface area contributed by atoms with Gasteiger partial charge in [0.15, 0.2) is 0 Å².